The Balaban J connectivity index is 1.10. The fourth-order valence-corrected chi connectivity index (χ4v) is 10.5. The maximum absolute atomic E-state index is 2.62. The topological polar surface area (TPSA) is 0 Å². The van der Waals surface area contributed by atoms with E-state index in [0.717, 1.165) is 12.8 Å². The zero-order chi connectivity index (χ0) is 36.0. The molecule has 0 N–H and O–H groups in total. The van der Waals surface area contributed by atoms with Gasteiger partial charge in [0, 0.05) is 0 Å². The predicted molar refractivity (Wildman–Crippen MR) is 234 cm³/mol. The average Bonchev–Trinajstić information content (AvgIpc) is 4.07. The Bertz CT molecular complexity index is 3070. The molecular weight excluding hydrogens is 661 g/mol. The normalized spacial score (nSPS) is 17.3. The summed E-state index contributed by atoms with van der Waals surface area (Å²) in [5.41, 5.74) is 16.9. The Morgan fingerprint density at radius 2 is 0.800 bits per heavy atom. The van der Waals surface area contributed by atoms with Crippen molar-refractivity contribution in [3.8, 4) is 33.4 Å². The van der Waals surface area contributed by atoms with Crippen LogP contribution in [0, 0.1) is 5.92 Å². The van der Waals surface area contributed by atoms with E-state index in [0.29, 0.717) is 11.8 Å². The SMILES string of the molecule is C1=C(c2c3ccccc3c(-c3ccccc3-c3cccc4ccccc34)c3ccccc23)CCC2=C1c1c(-c3cccc4ccccc34)cccc1C1CC21. The van der Waals surface area contributed by atoms with E-state index in [1.807, 2.05) is 0 Å². The molecule has 0 heterocycles. The molecule has 0 spiro atoms. The van der Waals surface area contributed by atoms with E-state index in [2.05, 4.69) is 182 Å². The van der Waals surface area contributed by atoms with Gasteiger partial charge < -0.3 is 0 Å². The molecule has 2 atom stereocenters. The third kappa shape index (κ3) is 4.65. The highest BCUT2D eigenvalue weighted by Gasteiger charge is 2.47. The first-order valence-electron chi connectivity index (χ1n) is 19.9. The van der Waals surface area contributed by atoms with Gasteiger partial charge in [0.05, 0.1) is 0 Å². The molecule has 258 valence electrons. The summed E-state index contributed by atoms with van der Waals surface area (Å²) < 4.78 is 0. The zero-order valence-corrected chi connectivity index (χ0v) is 30.6. The van der Waals surface area contributed by atoms with Gasteiger partial charge in [0.25, 0.3) is 0 Å². The Morgan fingerprint density at radius 1 is 0.327 bits per heavy atom. The molecule has 3 aliphatic carbocycles. The average molecular weight is 699 g/mol. The van der Waals surface area contributed by atoms with Crippen LogP contribution < -0.4 is 0 Å². The van der Waals surface area contributed by atoms with Crippen LogP contribution in [0.4, 0.5) is 0 Å². The van der Waals surface area contributed by atoms with Gasteiger partial charge in [-0.2, -0.15) is 0 Å². The first-order chi connectivity index (χ1) is 27.3. The van der Waals surface area contributed by atoms with Crippen molar-refractivity contribution in [1.29, 1.82) is 0 Å². The molecule has 0 aliphatic heterocycles. The predicted octanol–water partition coefficient (Wildman–Crippen LogP) is 15.0. The smallest absolute Gasteiger partial charge is 0.00201 e. The number of rotatable bonds is 4. The lowest BCUT2D eigenvalue weighted by molar-refractivity contribution is 0.824. The second-order valence-corrected chi connectivity index (χ2v) is 15.8. The van der Waals surface area contributed by atoms with Crippen LogP contribution in [0.1, 0.15) is 41.9 Å². The second-order valence-electron chi connectivity index (χ2n) is 15.8. The number of benzene rings is 9. The number of hydrogen-bond donors (Lipinski definition) is 0. The van der Waals surface area contributed by atoms with Gasteiger partial charge >= 0.3 is 0 Å². The molecular formula is C55H38. The Hall–Kier alpha value is -6.50. The summed E-state index contributed by atoms with van der Waals surface area (Å²) >= 11 is 0. The lowest BCUT2D eigenvalue weighted by Crippen LogP contribution is -2.10. The van der Waals surface area contributed by atoms with E-state index < -0.39 is 0 Å². The van der Waals surface area contributed by atoms with Gasteiger partial charge in [0.1, 0.15) is 0 Å². The first-order valence-corrected chi connectivity index (χ1v) is 19.9. The fourth-order valence-electron chi connectivity index (χ4n) is 10.5. The molecule has 2 unspecified atom stereocenters. The van der Waals surface area contributed by atoms with Gasteiger partial charge in [-0.15, -0.1) is 0 Å². The highest BCUT2D eigenvalue weighted by Crippen LogP contribution is 2.63. The van der Waals surface area contributed by atoms with Crippen LogP contribution in [-0.2, 0) is 0 Å². The Labute approximate surface area is 321 Å². The summed E-state index contributed by atoms with van der Waals surface area (Å²) in [5, 5.41) is 10.5. The fraction of sp³-hybridized carbons (Fsp3) is 0.0909. The van der Waals surface area contributed by atoms with Crippen molar-refractivity contribution in [2.75, 3.05) is 0 Å². The van der Waals surface area contributed by atoms with Crippen molar-refractivity contribution < 1.29 is 0 Å². The minimum Gasteiger partial charge on any atom is -0.0616 e. The third-order valence-electron chi connectivity index (χ3n) is 12.9. The second kappa shape index (κ2) is 12.0. The van der Waals surface area contributed by atoms with Crippen molar-refractivity contribution in [3.05, 3.63) is 204 Å². The van der Waals surface area contributed by atoms with Crippen LogP contribution in [0.5, 0.6) is 0 Å². The van der Waals surface area contributed by atoms with Gasteiger partial charge in [0.15, 0.2) is 0 Å². The van der Waals surface area contributed by atoms with E-state index >= 15 is 0 Å². The minimum absolute atomic E-state index is 0.654. The Kier molecular flexibility index (Phi) is 6.75. The van der Waals surface area contributed by atoms with Crippen LogP contribution in [0.2, 0.25) is 0 Å². The van der Waals surface area contributed by atoms with Gasteiger partial charge in [0.2, 0.25) is 0 Å². The molecule has 0 saturated heterocycles. The minimum atomic E-state index is 0.654. The largest absolute Gasteiger partial charge is 0.0616 e. The van der Waals surface area contributed by atoms with E-state index in [4.69, 9.17) is 0 Å². The van der Waals surface area contributed by atoms with Gasteiger partial charge in [-0.3, -0.25) is 0 Å². The van der Waals surface area contributed by atoms with Crippen molar-refractivity contribution in [3.63, 3.8) is 0 Å². The summed E-state index contributed by atoms with van der Waals surface area (Å²) in [6, 6.07) is 65.7. The molecule has 1 fully saturated rings. The maximum atomic E-state index is 2.62. The standard InChI is InChI=1S/C55H38/c1-3-18-37-34(14-1)16-11-26-39(37)41-20-5-6-21-43(41)54-47-24-9-7-22-45(47)53(46-23-8-10-25-48(46)54)36-30-31-42-50-33-51(50)49-29-13-28-44(55(49)52(42)32-36)40-27-12-17-35-15-2-4-19-38(35)40/h1-29,32,50-51H,30-31,33H2. The van der Waals surface area contributed by atoms with E-state index in [1.54, 1.807) is 11.1 Å². The summed E-state index contributed by atoms with van der Waals surface area (Å²) in [4.78, 5) is 0. The van der Waals surface area contributed by atoms with Crippen molar-refractivity contribution in [2.24, 2.45) is 5.92 Å². The monoisotopic (exact) mass is 698 g/mol. The van der Waals surface area contributed by atoms with Crippen LogP contribution in [0.25, 0.3) is 87.6 Å². The van der Waals surface area contributed by atoms with Gasteiger partial charge in [-0.05, 0) is 135 Å². The van der Waals surface area contributed by atoms with Crippen LogP contribution in [0.3, 0.4) is 0 Å². The highest BCUT2D eigenvalue weighted by molar-refractivity contribution is 6.21. The molecule has 0 radical (unpaired) electrons. The lowest BCUT2D eigenvalue weighted by atomic mass is 9.74. The molecule has 12 rings (SSSR count). The van der Waals surface area contributed by atoms with Crippen molar-refractivity contribution in [2.45, 2.75) is 25.2 Å². The third-order valence-corrected chi connectivity index (χ3v) is 12.9. The van der Waals surface area contributed by atoms with E-state index in [1.165, 1.54) is 105 Å². The summed E-state index contributed by atoms with van der Waals surface area (Å²) in [7, 11) is 0. The van der Waals surface area contributed by atoms with Crippen molar-refractivity contribution in [1.82, 2.24) is 0 Å². The quantitative estimate of drug-likeness (QED) is 0.161. The van der Waals surface area contributed by atoms with E-state index in [9.17, 15) is 0 Å². The van der Waals surface area contributed by atoms with Gasteiger partial charge in [-0.25, -0.2) is 0 Å². The molecule has 0 aromatic heterocycles. The molecule has 9 aromatic rings. The van der Waals surface area contributed by atoms with Crippen molar-refractivity contribution >= 4 is 54.2 Å². The molecule has 1 saturated carbocycles. The molecule has 55 heavy (non-hydrogen) atoms. The van der Waals surface area contributed by atoms with Crippen LogP contribution >= 0.6 is 0 Å². The van der Waals surface area contributed by atoms with Gasteiger partial charge in [-0.1, -0.05) is 188 Å². The molecule has 0 nitrogen and oxygen atoms in total. The van der Waals surface area contributed by atoms with Crippen LogP contribution in [-0.4, -0.2) is 0 Å². The highest BCUT2D eigenvalue weighted by atomic mass is 14.5. The lowest BCUT2D eigenvalue weighted by Gasteiger charge is -2.30. The Morgan fingerprint density at radius 3 is 1.45 bits per heavy atom. The van der Waals surface area contributed by atoms with Crippen LogP contribution in [0.15, 0.2) is 188 Å². The maximum Gasteiger partial charge on any atom is -0.00201 e. The first kappa shape index (κ1) is 30.9. The number of fused-ring (bicyclic) bond motifs is 9. The summed E-state index contributed by atoms with van der Waals surface area (Å²) in [6.45, 7) is 0. The number of hydrogen-bond acceptors (Lipinski definition) is 0. The number of allylic oxidation sites excluding steroid dienone is 4. The zero-order valence-electron chi connectivity index (χ0n) is 30.6. The molecule has 0 bridgehead atoms. The molecule has 0 heteroatoms. The summed E-state index contributed by atoms with van der Waals surface area (Å²) in [5.74, 6) is 1.34. The van der Waals surface area contributed by atoms with E-state index in [-0.39, 0.29) is 0 Å². The molecule has 3 aliphatic rings. The molecule has 0 amide bonds. The summed E-state index contributed by atoms with van der Waals surface area (Å²) in [6.07, 6.45) is 6.09. The molecule has 9 aromatic carbocycles.